The summed E-state index contributed by atoms with van der Waals surface area (Å²) in [5.74, 6) is 0.688. The Morgan fingerprint density at radius 2 is 1.61 bits per heavy atom. The Balaban J connectivity index is 1.58. The molecular weight excluding hydrogens is 419 g/mol. The maximum atomic E-state index is 14.2. The van der Waals surface area contributed by atoms with Crippen molar-refractivity contribution in [2.45, 2.75) is 13.5 Å². The lowest BCUT2D eigenvalue weighted by Crippen LogP contribution is -2.25. The molecule has 0 spiro atoms. The van der Waals surface area contributed by atoms with Crippen LogP contribution in [0.1, 0.15) is 11.1 Å². The lowest BCUT2D eigenvalue weighted by molar-refractivity contribution is -0.118. The predicted molar refractivity (Wildman–Crippen MR) is 124 cm³/mol. The zero-order valence-electron chi connectivity index (χ0n) is 17.8. The van der Waals surface area contributed by atoms with Gasteiger partial charge in [-0.3, -0.25) is 4.79 Å². The van der Waals surface area contributed by atoms with Gasteiger partial charge in [-0.05, 0) is 60.5 Å². The molecule has 0 fully saturated rings. The molecule has 0 aliphatic carbocycles. The number of nitrogens with one attached hydrogen (secondary N) is 1. The topological polar surface area (TPSA) is 60.5 Å². The molecule has 33 heavy (non-hydrogen) atoms. The number of rotatable bonds is 2. The molecular formula is C27H19FN2O3. The molecule has 1 aromatic heterocycles. The van der Waals surface area contributed by atoms with Crippen LogP contribution in [0.15, 0.2) is 66.7 Å². The maximum absolute atomic E-state index is 14.2. The molecule has 1 N–H and O–H groups in total. The molecule has 5 nitrogen and oxygen atoms in total. The molecule has 1 amide bonds. The number of hydrogen-bond donors (Lipinski definition) is 1. The van der Waals surface area contributed by atoms with Crippen LogP contribution >= 0.6 is 0 Å². The van der Waals surface area contributed by atoms with Crippen LogP contribution in [0.3, 0.4) is 0 Å². The fraction of sp³-hybridized carbons (Fsp3) is 0.111. The quantitative estimate of drug-likeness (QED) is 0.433. The molecule has 162 valence electrons. The Kier molecular flexibility index (Phi) is 4.40. The van der Waals surface area contributed by atoms with Gasteiger partial charge in [0.1, 0.15) is 23.9 Å². The zero-order valence-corrected chi connectivity index (χ0v) is 17.8. The van der Waals surface area contributed by atoms with Gasteiger partial charge in [-0.2, -0.15) is 0 Å². The molecule has 0 radical (unpaired) electrons. The summed E-state index contributed by atoms with van der Waals surface area (Å²) in [6.45, 7) is 2.39. The Bertz CT molecular complexity index is 1430. The van der Waals surface area contributed by atoms with Crippen molar-refractivity contribution in [3.8, 4) is 45.1 Å². The van der Waals surface area contributed by atoms with Crippen LogP contribution < -0.4 is 14.8 Å². The van der Waals surface area contributed by atoms with E-state index in [2.05, 4.69) is 29.6 Å². The molecule has 6 heteroatoms. The van der Waals surface area contributed by atoms with E-state index in [1.54, 1.807) is 6.07 Å². The van der Waals surface area contributed by atoms with Crippen molar-refractivity contribution in [2.75, 3.05) is 11.9 Å². The number of ether oxygens (including phenoxy) is 2. The number of pyridine rings is 1. The van der Waals surface area contributed by atoms with Crippen molar-refractivity contribution in [1.29, 1.82) is 0 Å². The second-order valence-electron chi connectivity index (χ2n) is 8.23. The summed E-state index contributed by atoms with van der Waals surface area (Å²) in [6.07, 6.45) is 0. The van der Waals surface area contributed by atoms with Crippen LogP contribution in [-0.4, -0.2) is 17.5 Å². The predicted octanol–water partition coefficient (Wildman–Crippen LogP) is 5.75. The molecule has 0 unspecified atom stereocenters. The number of amides is 1. The molecule has 2 aliphatic rings. The lowest BCUT2D eigenvalue weighted by Gasteiger charge is -2.24. The van der Waals surface area contributed by atoms with E-state index in [1.165, 1.54) is 12.1 Å². The standard InChI is InChI=1S/C27H19FN2O3/c1-15-2-4-16(5-3-15)19-12-22(17-6-8-25-23(10-17)29-26(31)14-33-25)30-27-20-11-18(28)7-9-24(20)32-13-21(19)27/h2-12H,13-14H2,1H3,(H,29,31). The first-order chi connectivity index (χ1) is 16.0. The largest absolute Gasteiger partial charge is 0.488 e. The number of aromatic nitrogens is 1. The van der Waals surface area contributed by atoms with Crippen molar-refractivity contribution in [3.05, 3.63) is 83.7 Å². The minimum absolute atomic E-state index is 0.00334. The number of fused-ring (bicyclic) bond motifs is 4. The highest BCUT2D eigenvalue weighted by Gasteiger charge is 2.25. The lowest BCUT2D eigenvalue weighted by atomic mass is 9.92. The van der Waals surface area contributed by atoms with Crippen molar-refractivity contribution in [2.24, 2.45) is 0 Å². The molecule has 6 rings (SSSR count). The van der Waals surface area contributed by atoms with Crippen LogP contribution in [0.25, 0.3) is 33.6 Å². The number of carbonyl (C=O) groups is 1. The van der Waals surface area contributed by atoms with Crippen molar-refractivity contribution < 1.29 is 18.7 Å². The number of carbonyl (C=O) groups excluding carboxylic acids is 1. The highest BCUT2D eigenvalue weighted by Crippen LogP contribution is 2.43. The van der Waals surface area contributed by atoms with Gasteiger partial charge < -0.3 is 14.8 Å². The van der Waals surface area contributed by atoms with Gasteiger partial charge in [0.25, 0.3) is 5.91 Å². The number of benzene rings is 3. The summed E-state index contributed by atoms with van der Waals surface area (Å²) in [5.41, 5.74) is 7.54. The zero-order chi connectivity index (χ0) is 22.5. The van der Waals surface area contributed by atoms with Gasteiger partial charge in [0, 0.05) is 16.7 Å². The Hall–Kier alpha value is -4.19. The average Bonchev–Trinajstić information content (AvgIpc) is 2.83. The third-order valence-corrected chi connectivity index (χ3v) is 5.96. The summed E-state index contributed by atoms with van der Waals surface area (Å²) >= 11 is 0. The van der Waals surface area contributed by atoms with Crippen LogP contribution in [0.2, 0.25) is 0 Å². The van der Waals surface area contributed by atoms with Crippen molar-refractivity contribution in [1.82, 2.24) is 4.98 Å². The van der Waals surface area contributed by atoms with Gasteiger partial charge in [-0.15, -0.1) is 0 Å². The van der Waals surface area contributed by atoms with Crippen LogP contribution in [-0.2, 0) is 11.4 Å². The minimum Gasteiger partial charge on any atom is -0.488 e. The first kappa shape index (κ1) is 19.5. The number of aryl methyl sites for hydroxylation is 1. The molecule has 3 aromatic carbocycles. The molecule has 0 saturated heterocycles. The van der Waals surface area contributed by atoms with Gasteiger partial charge in [-0.1, -0.05) is 29.8 Å². The van der Waals surface area contributed by atoms with Crippen LogP contribution in [0.4, 0.5) is 10.1 Å². The molecule has 0 atom stereocenters. The molecule has 4 aromatic rings. The molecule has 3 heterocycles. The first-order valence-electron chi connectivity index (χ1n) is 10.7. The summed E-state index contributed by atoms with van der Waals surface area (Å²) in [6, 6.07) is 20.4. The molecule has 2 aliphatic heterocycles. The normalized spacial score (nSPS) is 13.7. The number of nitrogens with zero attached hydrogens (tertiary/aromatic N) is 1. The summed E-state index contributed by atoms with van der Waals surface area (Å²) < 4.78 is 25.6. The van der Waals surface area contributed by atoms with E-state index in [1.807, 2.05) is 31.2 Å². The Morgan fingerprint density at radius 1 is 0.848 bits per heavy atom. The minimum atomic E-state index is -0.345. The van der Waals surface area contributed by atoms with E-state index in [0.717, 1.165) is 27.8 Å². The highest BCUT2D eigenvalue weighted by molar-refractivity contribution is 5.96. The fourth-order valence-corrected chi connectivity index (χ4v) is 4.28. The van der Waals surface area contributed by atoms with E-state index in [9.17, 15) is 9.18 Å². The van der Waals surface area contributed by atoms with E-state index in [4.69, 9.17) is 14.5 Å². The van der Waals surface area contributed by atoms with Gasteiger partial charge in [0.05, 0.1) is 17.1 Å². The third kappa shape index (κ3) is 3.40. The number of hydrogen-bond acceptors (Lipinski definition) is 4. The van der Waals surface area contributed by atoms with Gasteiger partial charge in [-0.25, -0.2) is 9.37 Å². The maximum Gasteiger partial charge on any atom is 0.262 e. The number of anilines is 1. The monoisotopic (exact) mass is 438 g/mol. The Labute approximate surface area is 189 Å². The van der Waals surface area contributed by atoms with Gasteiger partial charge >= 0.3 is 0 Å². The second kappa shape index (κ2) is 7.45. The fourth-order valence-electron chi connectivity index (χ4n) is 4.28. The number of halogens is 1. The summed E-state index contributed by atoms with van der Waals surface area (Å²) in [7, 11) is 0. The molecule has 0 bridgehead atoms. The van der Waals surface area contributed by atoms with Gasteiger partial charge in [0.15, 0.2) is 6.61 Å². The summed E-state index contributed by atoms with van der Waals surface area (Å²) in [5, 5.41) is 2.85. The van der Waals surface area contributed by atoms with Gasteiger partial charge in [0.2, 0.25) is 0 Å². The SMILES string of the molecule is Cc1ccc(-c2cc(-c3ccc4c(c3)NC(=O)CO4)nc3c2COc2ccc(F)cc2-3)cc1. The summed E-state index contributed by atoms with van der Waals surface area (Å²) in [4.78, 5) is 16.7. The second-order valence-corrected chi connectivity index (χ2v) is 8.23. The first-order valence-corrected chi connectivity index (χ1v) is 10.7. The van der Waals surface area contributed by atoms with Crippen molar-refractivity contribution >= 4 is 11.6 Å². The smallest absolute Gasteiger partial charge is 0.262 e. The average molecular weight is 438 g/mol. The van der Waals surface area contributed by atoms with E-state index in [-0.39, 0.29) is 18.3 Å². The van der Waals surface area contributed by atoms with E-state index >= 15 is 0 Å². The van der Waals surface area contributed by atoms with E-state index in [0.29, 0.717) is 40.7 Å². The Morgan fingerprint density at radius 3 is 2.45 bits per heavy atom. The van der Waals surface area contributed by atoms with Crippen molar-refractivity contribution in [3.63, 3.8) is 0 Å². The third-order valence-electron chi connectivity index (χ3n) is 5.96. The van der Waals surface area contributed by atoms with Crippen LogP contribution in [0.5, 0.6) is 11.5 Å². The molecule has 0 saturated carbocycles. The highest BCUT2D eigenvalue weighted by atomic mass is 19.1. The van der Waals surface area contributed by atoms with E-state index < -0.39 is 0 Å². The van der Waals surface area contributed by atoms with Crippen LogP contribution in [0, 0.1) is 12.7 Å².